The van der Waals surface area contributed by atoms with Crippen molar-refractivity contribution in [1.29, 1.82) is 0 Å². The van der Waals surface area contributed by atoms with E-state index in [2.05, 4.69) is 45.0 Å². The van der Waals surface area contributed by atoms with Crippen LogP contribution >= 0.6 is 0 Å². The van der Waals surface area contributed by atoms with Crippen molar-refractivity contribution in [2.75, 3.05) is 0 Å². The fourth-order valence-electron chi connectivity index (χ4n) is 2.85. The Bertz CT molecular complexity index is 381. The second-order valence-corrected chi connectivity index (χ2v) is 4.96. The Morgan fingerprint density at radius 3 is 2.53 bits per heavy atom. The zero-order valence-corrected chi connectivity index (χ0v) is 9.66. The molecule has 0 saturated heterocycles. The van der Waals surface area contributed by atoms with E-state index in [0.29, 0.717) is 5.92 Å². The minimum absolute atomic E-state index is 0.132. The van der Waals surface area contributed by atoms with Crippen LogP contribution in [0.4, 0.5) is 0 Å². The van der Waals surface area contributed by atoms with Crippen LogP contribution in [-0.2, 0) is 10.2 Å². The number of rotatable bonds is 3. The van der Waals surface area contributed by atoms with Gasteiger partial charge in [0, 0.05) is 11.3 Å². The first kappa shape index (κ1) is 10.4. The number of benzene rings is 1. The van der Waals surface area contributed by atoms with Crippen LogP contribution in [0.1, 0.15) is 31.4 Å². The Labute approximate surface area is 91.5 Å². The smallest absolute Gasteiger partial charge is 0.124 e. The molecule has 0 aliphatic heterocycles. The largest absolute Gasteiger partial charge is 0.303 e. The van der Waals surface area contributed by atoms with Gasteiger partial charge in [-0.1, -0.05) is 38.1 Å². The summed E-state index contributed by atoms with van der Waals surface area (Å²) in [5, 5.41) is 0. The van der Waals surface area contributed by atoms with Gasteiger partial charge >= 0.3 is 0 Å². The van der Waals surface area contributed by atoms with E-state index in [1.807, 2.05) is 0 Å². The van der Waals surface area contributed by atoms with Crippen LogP contribution in [0.25, 0.3) is 0 Å². The van der Waals surface area contributed by atoms with E-state index in [-0.39, 0.29) is 11.3 Å². The molecule has 0 heterocycles. The fraction of sp³-hybridized carbons (Fsp3) is 0.500. The minimum atomic E-state index is 0.132. The van der Waals surface area contributed by atoms with E-state index in [0.717, 1.165) is 12.7 Å². The lowest BCUT2D eigenvalue weighted by Gasteiger charge is -2.23. The van der Waals surface area contributed by atoms with Crippen molar-refractivity contribution in [3.63, 3.8) is 0 Å². The van der Waals surface area contributed by atoms with Gasteiger partial charge in [-0.15, -0.1) is 0 Å². The van der Waals surface area contributed by atoms with Gasteiger partial charge in [0.2, 0.25) is 0 Å². The Balaban J connectivity index is 2.45. The molecule has 2 atom stereocenters. The Morgan fingerprint density at radius 1 is 1.40 bits per heavy atom. The van der Waals surface area contributed by atoms with Crippen LogP contribution in [-0.4, -0.2) is 6.29 Å². The zero-order valence-electron chi connectivity index (χ0n) is 9.66. The van der Waals surface area contributed by atoms with E-state index in [9.17, 15) is 4.79 Å². The number of aldehydes is 1. The summed E-state index contributed by atoms with van der Waals surface area (Å²) in [6.07, 6.45) is 2.16. The Morgan fingerprint density at radius 2 is 2.07 bits per heavy atom. The lowest BCUT2D eigenvalue weighted by molar-refractivity contribution is -0.109. The number of carbonyl (C=O) groups is 1. The van der Waals surface area contributed by atoms with Crippen molar-refractivity contribution >= 4 is 6.29 Å². The van der Waals surface area contributed by atoms with Crippen molar-refractivity contribution in [3.8, 4) is 0 Å². The van der Waals surface area contributed by atoms with Crippen LogP contribution in [0.2, 0.25) is 0 Å². The molecule has 0 amide bonds. The molecule has 2 unspecified atom stereocenters. The molecule has 0 aromatic heterocycles. The number of carbonyl (C=O) groups excluding carboxylic acids is 1. The van der Waals surface area contributed by atoms with Crippen molar-refractivity contribution in [2.24, 2.45) is 11.8 Å². The van der Waals surface area contributed by atoms with Gasteiger partial charge in [0.25, 0.3) is 0 Å². The lowest BCUT2D eigenvalue weighted by atomic mass is 9.81. The molecule has 0 bridgehead atoms. The van der Waals surface area contributed by atoms with E-state index in [1.54, 1.807) is 0 Å². The molecule has 1 fully saturated rings. The highest BCUT2D eigenvalue weighted by Gasteiger charge is 2.57. The van der Waals surface area contributed by atoms with Crippen molar-refractivity contribution in [1.82, 2.24) is 0 Å². The van der Waals surface area contributed by atoms with E-state index < -0.39 is 0 Å². The number of aryl methyl sites for hydroxylation is 1. The third-order valence-corrected chi connectivity index (χ3v) is 3.90. The van der Waals surface area contributed by atoms with Crippen molar-refractivity contribution in [2.45, 2.75) is 32.6 Å². The van der Waals surface area contributed by atoms with E-state index in [1.165, 1.54) is 11.1 Å². The van der Waals surface area contributed by atoms with E-state index >= 15 is 0 Å². The van der Waals surface area contributed by atoms with E-state index in [4.69, 9.17) is 0 Å². The molecule has 0 spiro atoms. The summed E-state index contributed by atoms with van der Waals surface area (Å²) in [7, 11) is 0. The Kier molecular flexibility index (Phi) is 2.41. The molecular formula is C14H18O. The highest BCUT2D eigenvalue weighted by Crippen LogP contribution is 2.58. The first-order valence-electron chi connectivity index (χ1n) is 5.64. The predicted molar refractivity (Wildman–Crippen MR) is 61.9 cm³/mol. The molecule has 15 heavy (non-hydrogen) atoms. The van der Waals surface area contributed by atoms with Gasteiger partial charge in [0.05, 0.1) is 0 Å². The summed E-state index contributed by atoms with van der Waals surface area (Å²) in [4.78, 5) is 11.0. The van der Waals surface area contributed by atoms with Crippen LogP contribution in [0.5, 0.6) is 0 Å². The standard InChI is InChI=1S/C14H18O/c1-10(2)14(8-12(14)9-15)13-7-5-4-6-11(13)3/h4-7,9-10,12H,8H2,1-3H3. The second-order valence-electron chi connectivity index (χ2n) is 4.96. The van der Waals surface area contributed by atoms with Crippen LogP contribution in [0.3, 0.4) is 0 Å². The molecule has 80 valence electrons. The predicted octanol–water partition coefficient (Wildman–Crippen LogP) is 3.11. The third kappa shape index (κ3) is 1.41. The molecule has 1 saturated carbocycles. The highest BCUT2D eigenvalue weighted by molar-refractivity contribution is 5.65. The van der Waals surface area contributed by atoms with Gasteiger partial charge in [0.1, 0.15) is 6.29 Å². The van der Waals surface area contributed by atoms with Crippen molar-refractivity contribution in [3.05, 3.63) is 35.4 Å². The molecule has 2 rings (SSSR count). The molecule has 1 aromatic rings. The van der Waals surface area contributed by atoms with Gasteiger partial charge in [0.15, 0.2) is 0 Å². The van der Waals surface area contributed by atoms with Gasteiger partial charge in [-0.2, -0.15) is 0 Å². The highest BCUT2D eigenvalue weighted by atomic mass is 16.1. The third-order valence-electron chi connectivity index (χ3n) is 3.90. The molecule has 1 aromatic carbocycles. The first-order chi connectivity index (χ1) is 7.13. The monoisotopic (exact) mass is 202 g/mol. The fourth-order valence-corrected chi connectivity index (χ4v) is 2.85. The van der Waals surface area contributed by atoms with Crippen LogP contribution in [0, 0.1) is 18.8 Å². The second kappa shape index (κ2) is 3.48. The summed E-state index contributed by atoms with van der Waals surface area (Å²) in [5.41, 5.74) is 2.82. The van der Waals surface area contributed by atoms with Gasteiger partial charge in [-0.25, -0.2) is 0 Å². The summed E-state index contributed by atoms with van der Waals surface area (Å²) < 4.78 is 0. The van der Waals surface area contributed by atoms with Gasteiger partial charge in [-0.05, 0) is 30.4 Å². The molecule has 1 aliphatic carbocycles. The summed E-state index contributed by atoms with van der Waals surface area (Å²) in [6.45, 7) is 6.57. The maximum atomic E-state index is 11.0. The average molecular weight is 202 g/mol. The normalized spacial score (nSPS) is 29.2. The van der Waals surface area contributed by atoms with Crippen molar-refractivity contribution < 1.29 is 4.79 Å². The molecule has 0 N–H and O–H groups in total. The summed E-state index contributed by atoms with van der Waals surface area (Å²) in [6, 6.07) is 8.45. The average Bonchev–Trinajstić information content (AvgIpc) is 2.94. The van der Waals surface area contributed by atoms with Crippen LogP contribution < -0.4 is 0 Å². The molecule has 1 nitrogen and oxygen atoms in total. The molecular weight excluding hydrogens is 184 g/mol. The maximum Gasteiger partial charge on any atom is 0.124 e. The zero-order chi connectivity index (χ0) is 11.1. The topological polar surface area (TPSA) is 17.1 Å². The summed E-state index contributed by atoms with van der Waals surface area (Å²) in [5.74, 6) is 0.771. The van der Waals surface area contributed by atoms with Crippen LogP contribution in [0.15, 0.2) is 24.3 Å². The molecule has 0 radical (unpaired) electrons. The van der Waals surface area contributed by atoms with Gasteiger partial charge < -0.3 is 4.79 Å². The minimum Gasteiger partial charge on any atom is -0.303 e. The van der Waals surface area contributed by atoms with Gasteiger partial charge in [-0.3, -0.25) is 0 Å². The lowest BCUT2D eigenvalue weighted by Crippen LogP contribution is -2.19. The Hall–Kier alpha value is -1.11. The number of hydrogen-bond donors (Lipinski definition) is 0. The molecule has 1 aliphatic rings. The SMILES string of the molecule is Cc1ccccc1C1(C(C)C)CC1C=O. The maximum absolute atomic E-state index is 11.0. The number of hydrogen-bond acceptors (Lipinski definition) is 1. The quantitative estimate of drug-likeness (QED) is 0.688. The molecule has 1 heteroatoms. The summed E-state index contributed by atoms with van der Waals surface area (Å²) >= 11 is 0. The first-order valence-corrected chi connectivity index (χ1v) is 5.64.